The summed E-state index contributed by atoms with van der Waals surface area (Å²) >= 11 is 3.61. The lowest BCUT2D eigenvalue weighted by atomic mass is 10.2. The van der Waals surface area contributed by atoms with E-state index >= 15 is 0 Å². The summed E-state index contributed by atoms with van der Waals surface area (Å²) in [4.78, 5) is 13.4. The largest absolute Gasteiger partial charge is 0.357 e. The molecule has 1 aromatic heterocycles. The topological polar surface area (TPSA) is 43.8 Å². The normalized spacial score (nSPS) is 14.6. The Hall–Kier alpha value is -2.08. The number of guanidine groups is 1. The van der Waals surface area contributed by atoms with Crippen molar-refractivity contribution in [3.8, 4) is 0 Å². The van der Waals surface area contributed by atoms with Gasteiger partial charge in [-0.2, -0.15) is 0 Å². The third kappa shape index (κ3) is 4.75. The molecule has 2 aromatic rings. The lowest BCUT2D eigenvalue weighted by Crippen LogP contribution is -2.38. The molecule has 0 spiro atoms. The summed E-state index contributed by atoms with van der Waals surface area (Å²) in [6.07, 6.45) is 4.42. The Kier molecular flexibility index (Phi) is 6.50. The van der Waals surface area contributed by atoms with Crippen LogP contribution >= 0.6 is 15.9 Å². The molecule has 1 fully saturated rings. The molecule has 1 aromatic carbocycles. The molecular formula is C20H26BrN5. The number of aliphatic imine (C=N–C) groups is 1. The first-order chi connectivity index (χ1) is 12.7. The highest BCUT2D eigenvalue weighted by atomic mass is 79.9. The Labute approximate surface area is 164 Å². The van der Waals surface area contributed by atoms with Crippen molar-refractivity contribution in [3.05, 3.63) is 58.2 Å². The first-order valence-electron chi connectivity index (χ1n) is 9.02. The second-order valence-electron chi connectivity index (χ2n) is 6.56. The van der Waals surface area contributed by atoms with E-state index in [0.29, 0.717) is 0 Å². The lowest BCUT2D eigenvalue weighted by molar-refractivity contribution is 0.475. The molecule has 0 radical (unpaired) electrons. The summed E-state index contributed by atoms with van der Waals surface area (Å²) in [7, 11) is 3.87. The van der Waals surface area contributed by atoms with Crippen molar-refractivity contribution in [3.63, 3.8) is 0 Å². The number of nitrogens with one attached hydrogen (secondary N) is 1. The highest BCUT2D eigenvalue weighted by molar-refractivity contribution is 9.10. The van der Waals surface area contributed by atoms with Crippen LogP contribution < -0.4 is 10.2 Å². The van der Waals surface area contributed by atoms with Crippen LogP contribution in [0.3, 0.4) is 0 Å². The number of hydrogen-bond donors (Lipinski definition) is 1. The minimum absolute atomic E-state index is 0.732. The Balaban J connectivity index is 1.60. The molecule has 3 rings (SSSR count). The fourth-order valence-corrected chi connectivity index (χ4v) is 3.62. The van der Waals surface area contributed by atoms with Crippen molar-refractivity contribution < 1.29 is 0 Å². The van der Waals surface area contributed by atoms with Crippen LogP contribution in [-0.2, 0) is 13.1 Å². The van der Waals surface area contributed by atoms with E-state index in [1.54, 1.807) is 0 Å². The molecule has 0 unspecified atom stereocenters. The minimum atomic E-state index is 0.732. The van der Waals surface area contributed by atoms with Crippen LogP contribution in [0.5, 0.6) is 0 Å². The third-order valence-corrected chi connectivity index (χ3v) is 5.40. The minimum Gasteiger partial charge on any atom is -0.357 e. The number of halogens is 1. The van der Waals surface area contributed by atoms with Crippen LogP contribution in [0, 0.1) is 0 Å². The lowest BCUT2D eigenvalue weighted by Gasteiger charge is -2.23. The van der Waals surface area contributed by atoms with Gasteiger partial charge in [0, 0.05) is 50.9 Å². The monoisotopic (exact) mass is 415 g/mol. The van der Waals surface area contributed by atoms with Gasteiger partial charge in [-0.15, -0.1) is 0 Å². The molecule has 26 heavy (non-hydrogen) atoms. The van der Waals surface area contributed by atoms with E-state index in [1.165, 1.54) is 24.0 Å². The summed E-state index contributed by atoms with van der Waals surface area (Å²) in [5.74, 6) is 1.96. The molecule has 1 N–H and O–H groups in total. The molecule has 1 aliphatic heterocycles. The number of anilines is 1. The van der Waals surface area contributed by atoms with Crippen molar-refractivity contribution in [2.75, 3.05) is 32.1 Å². The summed E-state index contributed by atoms with van der Waals surface area (Å²) in [5, 5.41) is 3.46. The molecule has 1 aliphatic rings. The maximum absolute atomic E-state index is 4.52. The standard InChI is InChI=1S/C20H26BrN5/c1-22-20(25(2)15-17-7-3-4-8-18(17)21)24-14-16-9-10-23-19(13-16)26-11-5-6-12-26/h3-4,7-10,13H,5-6,11-12,14-15H2,1-2H3,(H,22,24). The van der Waals surface area contributed by atoms with Crippen LogP contribution in [0.2, 0.25) is 0 Å². The number of pyridine rings is 1. The summed E-state index contributed by atoms with van der Waals surface area (Å²) in [5.41, 5.74) is 2.45. The van der Waals surface area contributed by atoms with Gasteiger partial charge in [-0.25, -0.2) is 4.98 Å². The maximum atomic E-state index is 4.52. The van der Waals surface area contributed by atoms with Crippen molar-refractivity contribution in [1.29, 1.82) is 0 Å². The fourth-order valence-electron chi connectivity index (χ4n) is 3.21. The SMILES string of the molecule is CN=C(NCc1ccnc(N2CCCC2)c1)N(C)Cc1ccccc1Br. The van der Waals surface area contributed by atoms with Gasteiger partial charge in [0.25, 0.3) is 0 Å². The molecule has 0 aliphatic carbocycles. The number of nitrogens with zero attached hydrogens (tertiary/aromatic N) is 4. The molecule has 0 atom stereocenters. The molecule has 5 nitrogen and oxygen atoms in total. The number of aromatic nitrogens is 1. The van der Waals surface area contributed by atoms with Crippen molar-refractivity contribution in [1.82, 2.24) is 15.2 Å². The Morgan fingerprint density at radius 1 is 1.27 bits per heavy atom. The maximum Gasteiger partial charge on any atom is 0.193 e. The third-order valence-electron chi connectivity index (χ3n) is 4.63. The molecule has 0 saturated carbocycles. The predicted molar refractivity (Wildman–Crippen MR) is 111 cm³/mol. The molecular weight excluding hydrogens is 390 g/mol. The first kappa shape index (κ1) is 18.7. The van der Waals surface area contributed by atoms with Crippen LogP contribution in [-0.4, -0.2) is 43.0 Å². The van der Waals surface area contributed by atoms with Gasteiger partial charge in [0.15, 0.2) is 5.96 Å². The average molecular weight is 416 g/mol. The highest BCUT2D eigenvalue weighted by Gasteiger charge is 2.14. The van der Waals surface area contributed by atoms with Gasteiger partial charge in [0.05, 0.1) is 0 Å². The van der Waals surface area contributed by atoms with E-state index in [4.69, 9.17) is 0 Å². The Morgan fingerprint density at radius 2 is 2.04 bits per heavy atom. The van der Waals surface area contributed by atoms with E-state index in [2.05, 4.69) is 78.4 Å². The zero-order valence-electron chi connectivity index (χ0n) is 15.5. The molecule has 138 valence electrons. The summed E-state index contributed by atoms with van der Waals surface area (Å²) < 4.78 is 1.12. The van der Waals surface area contributed by atoms with Crippen LogP contribution in [0.1, 0.15) is 24.0 Å². The zero-order chi connectivity index (χ0) is 18.4. The van der Waals surface area contributed by atoms with Gasteiger partial charge < -0.3 is 15.1 Å². The molecule has 0 bridgehead atoms. The van der Waals surface area contributed by atoms with Crippen molar-refractivity contribution >= 4 is 27.7 Å². The van der Waals surface area contributed by atoms with E-state index in [9.17, 15) is 0 Å². The Bertz CT molecular complexity index is 755. The molecule has 1 saturated heterocycles. The molecule has 6 heteroatoms. The number of benzene rings is 1. The highest BCUT2D eigenvalue weighted by Crippen LogP contribution is 2.19. The van der Waals surface area contributed by atoms with Gasteiger partial charge in [0.1, 0.15) is 5.82 Å². The Morgan fingerprint density at radius 3 is 2.77 bits per heavy atom. The quantitative estimate of drug-likeness (QED) is 0.597. The van der Waals surface area contributed by atoms with Crippen LogP contribution in [0.25, 0.3) is 0 Å². The van der Waals surface area contributed by atoms with Crippen molar-refractivity contribution in [2.24, 2.45) is 4.99 Å². The fraction of sp³-hybridized carbons (Fsp3) is 0.400. The predicted octanol–water partition coefficient (Wildman–Crippen LogP) is 3.65. The van der Waals surface area contributed by atoms with Gasteiger partial charge >= 0.3 is 0 Å². The smallest absolute Gasteiger partial charge is 0.193 e. The van der Waals surface area contributed by atoms with E-state index in [-0.39, 0.29) is 0 Å². The number of rotatable bonds is 5. The zero-order valence-corrected chi connectivity index (χ0v) is 17.0. The second kappa shape index (κ2) is 9.03. The van der Waals surface area contributed by atoms with Crippen LogP contribution in [0.4, 0.5) is 5.82 Å². The van der Waals surface area contributed by atoms with Gasteiger partial charge in [-0.05, 0) is 42.2 Å². The average Bonchev–Trinajstić information content (AvgIpc) is 3.19. The first-order valence-corrected chi connectivity index (χ1v) is 9.82. The van der Waals surface area contributed by atoms with E-state index < -0.39 is 0 Å². The summed E-state index contributed by atoms with van der Waals surface area (Å²) in [6, 6.07) is 12.5. The van der Waals surface area contributed by atoms with Gasteiger partial charge in [0.2, 0.25) is 0 Å². The van der Waals surface area contributed by atoms with Crippen molar-refractivity contribution in [2.45, 2.75) is 25.9 Å². The number of hydrogen-bond acceptors (Lipinski definition) is 3. The molecule has 2 heterocycles. The van der Waals surface area contributed by atoms with Gasteiger partial charge in [-0.3, -0.25) is 4.99 Å². The summed E-state index contributed by atoms with van der Waals surface area (Å²) in [6.45, 7) is 3.74. The van der Waals surface area contributed by atoms with Gasteiger partial charge in [-0.1, -0.05) is 34.1 Å². The van der Waals surface area contributed by atoms with Crippen LogP contribution in [0.15, 0.2) is 52.1 Å². The van der Waals surface area contributed by atoms with E-state index in [1.807, 2.05) is 19.3 Å². The molecule has 0 amide bonds. The second-order valence-corrected chi connectivity index (χ2v) is 7.42. The van der Waals surface area contributed by atoms with E-state index in [0.717, 1.165) is 42.4 Å².